The van der Waals surface area contributed by atoms with Crippen LogP contribution in [0.5, 0.6) is 0 Å². The highest BCUT2D eigenvalue weighted by Gasteiger charge is 2.23. The van der Waals surface area contributed by atoms with Crippen LogP contribution < -0.4 is 5.09 Å². The number of rotatable bonds is 5. The van der Waals surface area contributed by atoms with E-state index in [1.54, 1.807) is 0 Å². The summed E-state index contributed by atoms with van der Waals surface area (Å²) in [6.07, 6.45) is 0. The van der Waals surface area contributed by atoms with E-state index >= 15 is 0 Å². The van der Waals surface area contributed by atoms with Gasteiger partial charge in [0.25, 0.3) is 0 Å². The van der Waals surface area contributed by atoms with Gasteiger partial charge in [-0.2, -0.15) is 0 Å². The van der Waals surface area contributed by atoms with Gasteiger partial charge in [-0.3, -0.25) is 4.57 Å². The van der Waals surface area contributed by atoms with E-state index in [9.17, 15) is 4.57 Å². The van der Waals surface area contributed by atoms with Crippen LogP contribution in [-0.4, -0.2) is 7.11 Å². The largest absolute Gasteiger partial charge is 0.355 e. The van der Waals surface area contributed by atoms with Gasteiger partial charge in [0, 0.05) is 17.7 Å². The molecule has 0 aromatic heterocycles. The third-order valence-electron chi connectivity index (χ3n) is 2.25. The van der Waals surface area contributed by atoms with Crippen molar-refractivity contribution >= 4 is 23.8 Å². The Morgan fingerprint density at radius 1 is 1.00 bits per heavy atom. The third kappa shape index (κ3) is 3.64. The maximum Gasteiger partial charge on any atom is 0.355 e. The van der Waals surface area contributed by atoms with Crippen molar-refractivity contribution in [3.63, 3.8) is 0 Å². The maximum absolute atomic E-state index is 12.6. The van der Waals surface area contributed by atoms with Crippen LogP contribution in [0.3, 0.4) is 0 Å². The summed E-state index contributed by atoms with van der Waals surface area (Å²) in [5.41, 5.74) is 0.783. The summed E-state index contributed by atoms with van der Waals surface area (Å²) in [5, 5.41) is 2.95. The van der Waals surface area contributed by atoms with Crippen LogP contribution in [0.15, 0.2) is 65.6 Å². The zero-order valence-electron chi connectivity index (χ0n) is 9.95. The molecule has 94 valence electrons. The first-order valence-electron chi connectivity index (χ1n) is 5.46. The van der Waals surface area contributed by atoms with Crippen molar-refractivity contribution in [2.75, 3.05) is 12.2 Å². The summed E-state index contributed by atoms with van der Waals surface area (Å²) >= 11 is 1.21. The second kappa shape index (κ2) is 6.10. The van der Waals surface area contributed by atoms with Gasteiger partial charge in [-0.1, -0.05) is 36.4 Å². The number of hydrogen-bond acceptors (Lipinski definition) is 3. The molecule has 2 rings (SSSR count). The number of anilines is 1. The third-order valence-corrected chi connectivity index (χ3v) is 6.06. The molecule has 2 aromatic rings. The molecule has 1 atom stereocenters. The van der Waals surface area contributed by atoms with Crippen molar-refractivity contribution in [1.29, 1.82) is 0 Å². The molecule has 0 aliphatic rings. The zero-order chi connectivity index (χ0) is 12.8. The molecular formula is C13H14NO2PS. The summed E-state index contributed by atoms with van der Waals surface area (Å²) in [6, 6.07) is 18.9. The molecule has 0 aliphatic heterocycles. The van der Waals surface area contributed by atoms with E-state index < -0.39 is 6.72 Å². The lowest BCUT2D eigenvalue weighted by molar-refractivity contribution is 0.414. The SMILES string of the molecule is COP(=O)(Nc1ccccc1)Sc1ccccc1. The molecule has 0 amide bonds. The van der Waals surface area contributed by atoms with Crippen LogP contribution in [0.25, 0.3) is 0 Å². The minimum absolute atomic E-state index is 0.783. The Morgan fingerprint density at radius 3 is 2.11 bits per heavy atom. The average molecular weight is 279 g/mol. The molecule has 0 saturated heterocycles. The first-order valence-corrected chi connectivity index (χ1v) is 8.50. The Balaban J connectivity index is 2.14. The van der Waals surface area contributed by atoms with Crippen LogP contribution in [0.2, 0.25) is 0 Å². The molecule has 0 spiro atoms. The van der Waals surface area contributed by atoms with Crippen LogP contribution in [-0.2, 0) is 9.09 Å². The quantitative estimate of drug-likeness (QED) is 0.809. The van der Waals surface area contributed by atoms with E-state index in [1.165, 1.54) is 18.5 Å². The first kappa shape index (κ1) is 13.2. The zero-order valence-corrected chi connectivity index (χ0v) is 11.7. The molecule has 0 bridgehead atoms. The van der Waals surface area contributed by atoms with E-state index in [-0.39, 0.29) is 0 Å². The van der Waals surface area contributed by atoms with Crippen LogP contribution in [0.4, 0.5) is 5.69 Å². The molecule has 3 nitrogen and oxygen atoms in total. The standard InChI is InChI=1S/C13H14NO2PS/c1-16-17(15,14-12-8-4-2-5-9-12)18-13-10-6-3-7-11-13/h2-11H,1H3,(H,14,15). The molecule has 18 heavy (non-hydrogen) atoms. The van der Waals surface area contributed by atoms with Crippen molar-refractivity contribution in [3.05, 3.63) is 60.7 Å². The highest BCUT2D eigenvalue weighted by molar-refractivity contribution is 8.57. The van der Waals surface area contributed by atoms with Crippen LogP contribution in [0, 0.1) is 0 Å². The van der Waals surface area contributed by atoms with Crippen molar-refractivity contribution in [1.82, 2.24) is 0 Å². The molecule has 1 N–H and O–H groups in total. The fourth-order valence-electron chi connectivity index (χ4n) is 1.40. The molecule has 0 aliphatic carbocycles. The molecule has 0 fully saturated rings. The molecule has 0 radical (unpaired) electrons. The van der Waals surface area contributed by atoms with E-state index in [4.69, 9.17) is 4.52 Å². The van der Waals surface area contributed by atoms with Gasteiger partial charge >= 0.3 is 6.72 Å². The second-order valence-corrected chi connectivity index (χ2v) is 7.79. The van der Waals surface area contributed by atoms with E-state index in [2.05, 4.69) is 5.09 Å². The first-order chi connectivity index (χ1) is 8.72. The Labute approximate surface area is 111 Å². The Morgan fingerprint density at radius 2 is 1.56 bits per heavy atom. The van der Waals surface area contributed by atoms with Crippen molar-refractivity contribution in [2.45, 2.75) is 4.90 Å². The van der Waals surface area contributed by atoms with Gasteiger partial charge in [0.2, 0.25) is 0 Å². The fourth-order valence-corrected chi connectivity index (χ4v) is 4.50. The van der Waals surface area contributed by atoms with E-state index in [0.717, 1.165) is 10.6 Å². The Hall–Kier alpha value is -1.22. The summed E-state index contributed by atoms with van der Waals surface area (Å²) in [7, 11) is 1.45. The van der Waals surface area contributed by atoms with Crippen LogP contribution >= 0.6 is 18.1 Å². The van der Waals surface area contributed by atoms with Gasteiger partial charge in [-0.05, 0) is 35.6 Å². The Kier molecular flexibility index (Phi) is 4.48. The minimum atomic E-state index is -2.98. The molecular weight excluding hydrogens is 265 g/mol. The second-order valence-electron chi connectivity index (χ2n) is 3.56. The smallest absolute Gasteiger partial charge is 0.309 e. The number of nitrogens with one attached hydrogen (secondary N) is 1. The summed E-state index contributed by atoms with van der Waals surface area (Å²) in [4.78, 5) is 0.908. The predicted molar refractivity (Wildman–Crippen MR) is 77.0 cm³/mol. The highest BCUT2D eigenvalue weighted by Crippen LogP contribution is 2.61. The normalized spacial score (nSPS) is 13.8. The van der Waals surface area contributed by atoms with Gasteiger partial charge in [-0.25, -0.2) is 0 Å². The van der Waals surface area contributed by atoms with Crippen molar-refractivity contribution in [3.8, 4) is 0 Å². The topological polar surface area (TPSA) is 38.3 Å². The van der Waals surface area contributed by atoms with E-state index in [0.29, 0.717) is 0 Å². The molecule has 0 heterocycles. The highest BCUT2D eigenvalue weighted by atomic mass is 32.7. The lowest BCUT2D eigenvalue weighted by atomic mass is 10.3. The average Bonchev–Trinajstić information content (AvgIpc) is 2.41. The molecule has 1 unspecified atom stereocenters. The lowest BCUT2D eigenvalue weighted by Crippen LogP contribution is -1.95. The summed E-state index contributed by atoms with van der Waals surface area (Å²) < 4.78 is 17.7. The van der Waals surface area contributed by atoms with Crippen molar-refractivity contribution < 1.29 is 9.09 Å². The number of hydrogen-bond donors (Lipinski definition) is 1. The molecule has 0 saturated carbocycles. The van der Waals surface area contributed by atoms with Gasteiger partial charge in [0.15, 0.2) is 0 Å². The van der Waals surface area contributed by atoms with Gasteiger partial charge in [0.1, 0.15) is 0 Å². The van der Waals surface area contributed by atoms with Gasteiger partial charge in [-0.15, -0.1) is 0 Å². The number of benzene rings is 2. The van der Waals surface area contributed by atoms with Gasteiger partial charge in [0.05, 0.1) is 0 Å². The summed E-state index contributed by atoms with van der Waals surface area (Å²) in [6.45, 7) is -2.98. The monoisotopic (exact) mass is 279 g/mol. The fraction of sp³-hybridized carbons (Fsp3) is 0.0769. The molecule has 5 heteroatoms. The van der Waals surface area contributed by atoms with E-state index in [1.807, 2.05) is 60.7 Å². The van der Waals surface area contributed by atoms with Crippen molar-refractivity contribution in [2.24, 2.45) is 0 Å². The van der Waals surface area contributed by atoms with Gasteiger partial charge < -0.3 is 9.61 Å². The number of para-hydroxylation sites is 1. The Bertz CT molecular complexity index is 488. The maximum atomic E-state index is 12.6. The summed E-state index contributed by atoms with van der Waals surface area (Å²) in [5.74, 6) is 0. The molecule has 2 aromatic carbocycles. The van der Waals surface area contributed by atoms with Crippen LogP contribution in [0.1, 0.15) is 0 Å². The minimum Gasteiger partial charge on any atom is -0.309 e. The predicted octanol–water partition coefficient (Wildman–Crippen LogP) is 4.65. The lowest BCUT2D eigenvalue weighted by Gasteiger charge is -2.17.